The number of ketones is 1. The van der Waals surface area contributed by atoms with E-state index < -0.39 is 11.9 Å². The molecule has 1 aliphatic carbocycles. The van der Waals surface area contributed by atoms with Crippen molar-refractivity contribution in [3.63, 3.8) is 0 Å². The van der Waals surface area contributed by atoms with Crippen molar-refractivity contribution in [3.8, 4) is 11.5 Å². The maximum Gasteiger partial charge on any atom is 0.336 e. The van der Waals surface area contributed by atoms with Crippen molar-refractivity contribution >= 4 is 11.8 Å². The molecule has 1 saturated heterocycles. The fraction of sp³-hybridized carbons (Fsp3) is 0.571. The molecule has 7 heteroatoms. The Hall–Kier alpha value is -2.80. The van der Waals surface area contributed by atoms with Gasteiger partial charge in [0, 0.05) is 35.9 Å². The number of benzene rings is 1. The molecule has 1 fully saturated rings. The van der Waals surface area contributed by atoms with E-state index in [1.54, 1.807) is 7.11 Å². The first-order valence-electron chi connectivity index (χ1n) is 12.6. The van der Waals surface area contributed by atoms with E-state index in [9.17, 15) is 9.59 Å². The van der Waals surface area contributed by atoms with Gasteiger partial charge in [0.05, 0.1) is 25.4 Å². The van der Waals surface area contributed by atoms with Crippen molar-refractivity contribution in [2.24, 2.45) is 5.41 Å². The number of carbonyl (C=O) groups is 2. The molecule has 1 aromatic carbocycles. The van der Waals surface area contributed by atoms with E-state index in [4.69, 9.17) is 18.9 Å². The third-order valence-corrected chi connectivity index (χ3v) is 6.87. The fourth-order valence-electron chi connectivity index (χ4n) is 5.26. The highest BCUT2D eigenvalue weighted by Gasteiger charge is 2.43. The lowest BCUT2D eigenvalue weighted by Crippen LogP contribution is -2.39. The molecule has 2 heterocycles. The lowest BCUT2D eigenvalue weighted by Gasteiger charge is -2.39. The van der Waals surface area contributed by atoms with Crippen LogP contribution in [0.25, 0.3) is 0 Å². The van der Waals surface area contributed by atoms with Crippen LogP contribution in [0.15, 0.2) is 40.7 Å². The molecule has 7 nitrogen and oxygen atoms in total. The predicted molar refractivity (Wildman–Crippen MR) is 132 cm³/mol. The Morgan fingerprint density at radius 2 is 2.03 bits per heavy atom. The minimum Gasteiger partial charge on any atom is -0.493 e. The summed E-state index contributed by atoms with van der Waals surface area (Å²) >= 11 is 0. The van der Waals surface area contributed by atoms with Gasteiger partial charge < -0.3 is 24.3 Å². The first-order chi connectivity index (χ1) is 16.7. The third-order valence-electron chi connectivity index (χ3n) is 6.87. The van der Waals surface area contributed by atoms with E-state index >= 15 is 0 Å². The number of hydrogen-bond donors (Lipinski definition) is 1. The normalized spacial score (nSPS) is 23.6. The van der Waals surface area contributed by atoms with Gasteiger partial charge in [-0.2, -0.15) is 0 Å². The molecule has 0 spiro atoms. The number of methoxy groups -OCH3 is 1. The molecule has 0 amide bonds. The Morgan fingerprint density at radius 3 is 2.71 bits per heavy atom. The third kappa shape index (κ3) is 5.40. The minimum absolute atomic E-state index is 0.0518. The zero-order chi connectivity index (χ0) is 25.2. The molecule has 3 aliphatic rings. The van der Waals surface area contributed by atoms with Crippen molar-refractivity contribution in [1.82, 2.24) is 5.32 Å². The van der Waals surface area contributed by atoms with Gasteiger partial charge in [-0.05, 0) is 55.7 Å². The highest BCUT2D eigenvalue weighted by Crippen LogP contribution is 2.48. The van der Waals surface area contributed by atoms with Crippen LogP contribution in [0, 0.1) is 5.41 Å². The average molecular weight is 484 g/mol. The maximum atomic E-state index is 13.5. The second-order valence-electron chi connectivity index (χ2n) is 10.4. The number of rotatable bonds is 8. The van der Waals surface area contributed by atoms with Gasteiger partial charge in [-0.25, -0.2) is 4.79 Å². The van der Waals surface area contributed by atoms with Crippen LogP contribution >= 0.6 is 0 Å². The van der Waals surface area contributed by atoms with Crippen molar-refractivity contribution < 1.29 is 28.5 Å². The summed E-state index contributed by atoms with van der Waals surface area (Å²) < 4.78 is 22.8. The van der Waals surface area contributed by atoms with Crippen LogP contribution < -0.4 is 14.8 Å². The first-order valence-corrected chi connectivity index (χ1v) is 12.6. The van der Waals surface area contributed by atoms with Crippen LogP contribution in [0.5, 0.6) is 11.5 Å². The molecule has 0 saturated carbocycles. The van der Waals surface area contributed by atoms with Gasteiger partial charge in [-0.15, -0.1) is 0 Å². The molecule has 1 aromatic rings. The van der Waals surface area contributed by atoms with Crippen LogP contribution in [0.4, 0.5) is 0 Å². The summed E-state index contributed by atoms with van der Waals surface area (Å²) in [5.74, 6) is 0.299. The number of allylic oxidation sites excluding steroid dienone is 3. The molecule has 0 bridgehead atoms. The molecular weight excluding hydrogens is 446 g/mol. The lowest BCUT2D eigenvalue weighted by molar-refractivity contribution is -0.142. The Bertz CT molecular complexity index is 1050. The Kier molecular flexibility index (Phi) is 7.55. The molecule has 0 radical (unpaired) electrons. The lowest BCUT2D eigenvalue weighted by atomic mass is 9.68. The van der Waals surface area contributed by atoms with Gasteiger partial charge >= 0.3 is 5.97 Å². The molecule has 1 N–H and O–H groups in total. The summed E-state index contributed by atoms with van der Waals surface area (Å²) in [4.78, 5) is 26.9. The largest absolute Gasteiger partial charge is 0.493 e. The number of esters is 1. The molecule has 190 valence electrons. The molecule has 2 atom stereocenters. The quantitative estimate of drug-likeness (QED) is 0.531. The van der Waals surface area contributed by atoms with Crippen LogP contribution in [0.1, 0.15) is 71.3 Å². The summed E-state index contributed by atoms with van der Waals surface area (Å²) in [6, 6.07) is 5.65. The summed E-state index contributed by atoms with van der Waals surface area (Å²) in [5, 5.41) is 3.38. The van der Waals surface area contributed by atoms with Crippen LogP contribution in [-0.2, 0) is 19.1 Å². The van der Waals surface area contributed by atoms with Crippen molar-refractivity contribution in [2.45, 2.75) is 71.8 Å². The minimum atomic E-state index is -0.541. The monoisotopic (exact) mass is 483 g/mol. The number of carbonyl (C=O) groups excluding carboxylic acids is 2. The predicted octanol–water partition coefficient (Wildman–Crippen LogP) is 4.81. The molecule has 0 unspecified atom stereocenters. The molecule has 4 rings (SSSR count). The van der Waals surface area contributed by atoms with Gasteiger partial charge in [0.2, 0.25) is 0 Å². The van der Waals surface area contributed by atoms with Crippen LogP contribution in [-0.4, -0.2) is 44.8 Å². The molecular formula is C28H37NO6. The standard InChI is InChI=1S/C28H37NO6/c1-6-11-34-22-10-9-18(13-23(22)32-5)25-24(27(31)35-16-19-8-7-12-33-19)17(2)29-20-14-28(3,4)15-21(30)26(20)25/h9-10,13,19,25,29H,6-8,11-12,14-16H2,1-5H3/t19-,25+/m0/s1. The van der Waals surface area contributed by atoms with Crippen molar-refractivity contribution in [3.05, 3.63) is 46.3 Å². The second kappa shape index (κ2) is 10.4. The van der Waals surface area contributed by atoms with E-state index in [1.165, 1.54) is 0 Å². The molecule has 2 aliphatic heterocycles. The maximum absolute atomic E-state index is 13.5. The van der Waals surface area contributed by atoms with Crippen LogP contribution in [0.3, 0.4) is 0 Å². The summed E-state index contributed by atoms with van der Waals surface area (Å²) in [7, 11) is 1.59. The van der Waals surface area contributed by atoms with Gasteiger partial charge in [-0.3, -0.25) is 4.79 Å². The van der Waals surface area contributed by atoms with E-state index in [2.05, 4.69) is 19.2 Å². The van der Waals surface area contributed by atoms with Crippen LogP contribution in [0.2, 0.25) is 0 Å². The number of ether oxygens (including phenoxy) is 4. The fourth-order valence-corrected chi connectivity index (χ4v) is 5.26. The van der Waals surface area contributed by atoms with Gasteiger partial charge in [0.25, 0.3) is 0 Å². The first kappa shape index (κ1) is 25.3. The zero-order valence-electron chi connectivity index (χ0n) is 21.5. The van der Waals surface area contributed by atoms with Crippen molar-refractivity contribution in [2.75, 3.05) is 26.9 Å². The summed E-state index contributed by atoms with van der Waals surface area (Å²) in [6.45, 7) is 9.59. The molecule has 0 aromatic heterocycles. The number of dihydropyridines is 1. The van der Waals surface area contributed by atoms with E-state index in [0.29, 0.717) is 48.0 Å². The Balaban J connectivity index is 1.74. The van der Waals surface area contributed by atoms with E-state index in [1.807, 2.05) is 32.0 Å². The number of Topliss-reactive ketones (excluding diaryl/α,β-unsaturated/α-hetero) is 1. The topological polar surface area (TPSA) is 83.1 Å². The van der Waals surface area contributed by atoms with Gasteiger partial charge in [0.1, 0.15) is 6.61 Å². The smallest absolute Gasteiger partial charge is 0.336 e. The molecule has 35 heavy (non-hydrogen) atoms. The highest BCUT2D eigenvalue weighted by atomic mass is 16.6. The Labute approximate surface area is 207 Å². The summed E-state index contributed by atoms with van der Waals surface area (Å²) in [6.07, 6.45) is 3.82. The van der Waals surface area contributed by atoms with E-state index in [-0.39, 0.29) is 23.9 Å². The average Bonchev–Trinajstić information content (AvgIpc) is 3.33. The second-order valence-corrected chi connectivity index (χ2v) is 10.4. The Morgan fingerprint density at radius 1 is 1.23 bits per heavy atom. The van der Waals surface area contributed by atoms with Gasteiger partial charge in [0.15, 0.2) is 17.3 Å². The summed E-state index contributed by atoms with van der Waals surface area (Å²) in [5.41, 5.74) is 3.34. The number of hydrogen-bond acceptors (Lipinski definition) is 7. The van der Waals surface area contributed by atoms with E-state index in [0.717, 1.165) is 36.9 Å². The van der Waals surface area contributed by atoms with Crippen molar-refractivity contribution in [1.29, 1.82) is 0 Å². The zero-order valence-corrected chi connectivity index (χ0v) is 21.5. The van der Waals surface area contributed by atoms with Gasteiger partial charge in [-0.1, -0.05) is 26.8 Å². The number of nitrogens with one attached hydrogen (secondary N) is 1. The highest BCUT2D eigenvalue weighted by molar-refractivity contribution is 6.04. The SMILES string of the molecule is CCCOc1ccc([C@@H]2C(C(=O)OC[C@@H]3CCCO3)=C(C)NC3=C2C(=O)CC(C)(C)C3)cc1OC.